The number of methoxy groups -OCH3 is 1. The third-order valence-electron chi connectivity index (χ3n) is 3.98. The molecule has 114 valence electrons. The fourth-order valence-corrected chi connectivity index (χ4v) is 2.90. The maximum absolute atomic E-state index is 11.7. The summed E-state index contributed by atoms with van der Waals surface area (Å²) in [5.41, 5.74) is 4.38. The van der Waals surface area contributed by atoms with E-state index in [4.69, 9.17) is 4.74 Å². The average molecular weight is 297 g/mol. The van der Waals surface area contributed by atoms with Crippen LogP contribution in [0.2, 0.25) is 0 Å². The smallest absolute Gasteiger partial charge is 0.224 e. The second-order valence-corrected chi connectivity index (χ2v) is 5.62. The third-order valence-corrected chi connectivity index (χ3v) is 3.98. The number of rotatable bonds is 3. The van der Waals surface area contributed by atoms with Gasteiger partial charge in [0.05, 0.1) is 12.8 Å². The van der Waals surface area contributed by atoms with E-state index in [1.165, 1.54) is 0 Å². The molecule has 2 N–H and O–H groups in total. The van der Waals surface area contributed by atoms with Crippen molar-refractivity contribution in [2.75, 3.05) is 12.4 Å². The predicted molar refractivity (Wildman–Crippen MR) is 85.2 cm³/mol. The zero-order chi connectivity index (χ0) is 15.7. The van der Waals surface area contributed by atoms with Gasteiger partial charge in [0, 0.05) is 12.0 Å². The molecule has 0 radical (unpaired) electrons. The van der Waals surface area contributed by atoms with E-state index in [2.05, 4.69) is 11.4 Å². The summed E-state index contributed by atoms with van der Waals surface area (Å²) in [6, 6.07) is 11.3. The highest BCUT2D eigenvalue weighted by atomic mass is 16.5. The van der Waals surface area contributed by atoms with Gasteiger partial charge in [0.15, 0.2) is 0 Å². The summed E-state index contributed by atoms with van der Waals surface area (Å²) in [4.78, 5) is 11.7. The number of nitrogens with one attached hydrogen (secondary N) is 1. The van der Waals surface area contributed by atoms with Crippen molar-refractivity contribution in [2.45, 2.75) is 25.9 Å². The van der Waals surface area contributed by atoms with Crippen LogP contribution in [0.3, 0.4) is 0 Å². The van der Waals surface area contributed by atoms with Crippen molar-refractivity contribution in [1.82, 2.24) is 0 Å². The number of carbonyl (C=O) groups is 1. The zero-order valence-corrected chi connectivity index (χ0v) is 12.7. The Morgan fingerprint density at radius 3 is 2.82 bits per heavy atom. The molecule has 1 atom stereocenters. The molecule has 1 unspecified atom stereocenters. The largest absolute Gasteiger partial charge is 0.497 e. The maximum Gasteiger partial charge on any atom is 0.224 e. The lowest BCUT2D eigenvalue weighted by Crippen LogP contribution is -2.21. The monoisotopic (exact) mass is 297 g/mol. The molecular weight excluding hydrogens is 278 g/mol. The molecule has 0 spiro atoms. The lowest BCUT2D eigenvalue weighted by molar-refractivity contribution is -0.116. The molecule has 1 amide bonds. The highest BCUT2D eigenvalue weighted by Crippen LogP contribution is 2.35. The van der Waals surface area contributed by atoms with E-state index in [1.807, 2.05) is 37.3 Å². The Morgan fingerprint density at radius 1 is 1.23 bits per heavy atom. The van der Waals surface area contributed by atoms with Gasteiger partial charge in [-0.2, -0.15) is 0 Å². The normalized spacial score (nSPS) is 15.0. The van der Waals surface area contributed by atoms with Crippen molar-refractivity contribution < 1.29 is 14.6 Å². The third kappa shape index (κ3) is 2.70. The van der Waals surface area contributed by atoms with Gasteiger partial charge >= 0.3 is 0 Å². The Morgan fingerprint density at radius 2 is 2.05 bits per heavy atom. The van der Waals surface area contributed by atoms with Crippen LogP contribution < -0.4 is 10.1 Å². The van der Waals surface area contributed by atoms with Crippen LogP contribution >= 0.6 is 0 Å². The fraction of sp³-hybridized carbons (Fsp3) is 0.278. The van der Waals surface area contributed by atoms with E-state index in [1.54, 1.807) is 7.11 Å². The highest BCUT2D eigenvalue weighted by molar-refractivity contribution is 5.95. The number of aliphatic hydroxyl groups is 1. The number of hydrogen-bond donors (Lipinski definition) is 2. The fourth-order valence-electron chi connectivity index (χ4n) is 2.90. The molecule has 2 aromatic rings. The summed E-state index contributed by atoms with van der Waals surface area (Å²) in [5, 5.41) is 13.7. The highest BCUT2D eigenvalue weighted by Gasteiger charge is 2.23. The summed E-state index contributed by atoms with van der Waals surface area (Å²) in [5.74, 6) is 0.692. The molecule has 0 saturated heterocycles. The van der Waals surface area contributed by atoms with E-state index < -0.39 is 6.10 Å². The number of hydrogen-bond acceptors (Lipinski definition) is 3. The number of anilines is 1. The number of fused-ring (bicyclic) bond motifs is 1. The Kier molecular flexibility index (Phi) is 3.86. The molecule has 3 rings (SSSR count). The zero-order valence-electron chi connectivity index (χ0n) is 12.7. The van der Waals surface area contributed by atoms with E-state index in [0.29, 0.717) is 18.6 Å². The van der Waals surface area contributed by atoms with Gasteiger partial charge in [0.2, 0.25) is 5.91 Å². The minimum atomic E-state index is -0.804. The van der Waals surface area contributed by atoms with Crippen LogP contribution in [-0.2, 0) is 11.2 Å². The number of amides is 1. The topological polar surface area (TPSA) is 58.6 Å². The molecule has 1 aliphatic rings. The van der Waals surface area contributed by atoms with Gasteiger partial charge in [0.1, 0.15) is 11.9 Å². The SMILES string of the molecule is COc1cccc(C(O)c2cc(C)cc3c2NC(=O)CC3)c1. The Bertz CT molecular complexity index is 724. The molecule has 0 aromatic heterocycles. The summed E-state index contributed by atoms with van der Waals surface area (Å²) >= 11 is 0. The first-order chi connectivity index (χ1) is 10.6. The van der Waals surface area contributed by atoms with Crippen molar-refractivity contribution in [3.05, 3.63) is 58.7 Å². The minimum Gasteiger partial charge on any atom is -0.497 e. The van der Waals surface area contributed by atoms with Gasteiger partial charge in [-0.05, 0) is 36.6 Å². The minimum absolute atomic E-state index is 0.00422. The van der Waals surface area contributed by atoms with Crippen LogP contribution in [0.5, 0.6) is 5.75 Å². The quantitative estimate of drug-likeness (QED) is 0.915. The standard InChI is InChI=1S/C18H19NO3/c1-11-8-12-6-7-16(20)19-17(12)15(9-11)18(21)13-4-3-5-14(10-13)22-2/h3-5,8-10,18,21H,6-7H2,1-2H3,(H,19,20). The number of aryl methyl sites for hydroxylation is 2. The van der Waals surface area contributed by atoms with Crippen LogP contribution in [0, 0.1) is 6.92 Å². The van der Waals surface area contributed by atoms with Gasteiger partial charge in [-0.1, -0.05) is 29.8 Å². The van der Waals surface area contributed by atoms with Crippen molar-refractivity contribution >= 4 is 11.6 Å². The van der Waals surface area contributed by atoms with Crippen molar-refractivity contribution in [3.63, 3.8) is 0 Å². The van der Waals surface area contributed by atoms with Gasteiger partial charge < -0.3 is 15.2 Å². The predicted octanol–water partition coefficient (Wildman–Crippen LogP) is 2.97. The van der Waals surface area contributed by atoms with Crippen molar-refractivity contribution in [3.8, 4) is 5.75 Å². The van der Waals surface area contributed by atoms with Gasteiger partial charge in [-0.3, -0.25) is 4.79 Å². The molecule has 2 aromatic carbocycles. The van der Waals surface area contributed by atoms with E-state index in [0.717, 1.165) is 27.9 Å². The first-order valence-electron chi connectivity index (χ1n) is 7.34. The van der Waals surface area contributed by atoms with Gasteiger partial charge in [-0.25, -0.2) is 0 Å². The molecule has 0 saturated carbocycles. The van der Waals surface area contributed by atoms with Gasteiger partial charge in [0.25, 0.3) is 0 Å². The summed E-state index contributed by atoms with van der Waals surface area (Å²) < 4.78 is 5.21. The molecule has 0 bridgehead atoms. The molecular formula is C18H19NO3. The number of ether oxygens (including phenoxy) is 1. The molecule has 1 heterocycles. The molecule has 0 fully saturated rings. The van der Waals surface area contributed by atoms with E-state index in [9.17, 15) is 9.90 Å². The molecule has 22 heavy (non-hydrogen) atoms. The number of carbonyl (C=O) groups excluding carboxylic acids is 1. The summed E-state index contributed by atoms with van der Waals surface area (Å²) in [6.07, 6.45) is 0.397. The number of aliphatic hydroxyl groups excluding tert-OH is 1. The first-order valence-corrected chi connectivity index (χ1v) is 7.34. The van der Waals surface area contributed by atoms with Crippen molar-refractivity contribution in [2.24, 2.45) is 0 Å². The van der Waals surface area contributed by atoms with Crippen LogP contribution in [0.4, 0.5) is 5.69 Å². The van der Waals surface area contributed by atoms with Crippen LogP contribution in [0.15, 0.2) is 36.4 Å². The molecule has 4 heteroatoms. The van der Waals surface area contributed by atoms with Crippen LogP contribution in [0.25, 0.3) is 0 Å². The second kappa shape index (κ2) is 5.81. The van der Waals surface area contributed by atoms with Crippen LogP contribution in [0.1, 0.15) is 34.8 Å². The summed E-state index contributed by atoms with van der Waals surface area (Å²) in [6.45, 7) is 2.00. The number of benzene rings is 2. The maximum atomic E-state index is 11.7. The van der Waals surface area contributed by atoms with E-state index >= 15 is 0 Å². The Labute approximate surface area is 129 Å². The van der Waals surface area contributed by atoms with E-state index in [-0.39, 0.29) is 5.91 Å². The van der Waals surface area contributed by atoms with Crippen LogP contribution in [-0.4, -0.2) is 18.1 Å². The average Bonchev–Trinajstić information content (AvgIpc) is 2.54. The Balaban J connectivity index is 2.06. The molecule has 4 nitrogen and oxygen atoms in total. The lowest BCUT2D eigenvalue weighted by Gasteiger charge is -2.24. The molecule has 1 aliphatic heterocycles. The molecule has 0 aliphatic carbocycles. The second-order valence-electron chi connectivity index (χ2n) is 5.62. The first kappa shape index (κ1) is 14.6. The van der Waals surface area contributed by atoms with Gasteiger partial charge in [-0.15, -0.1) is 0 Å². The Hall–Kier alpha value is -2.33. The van der Waals surface area contributed by atoms with Crippen molar-refractivity contribution in [1.29, 1.82) is 0 Å². The lowest BCUT2D eigenvalue weighted by atomic mass is 9.91. The summed E-state index contributed by atoms with van der Waals surface area (Å²) in [7, 11) is 1.60.